The Hall–Kier alpha value is -1.64. The molecule has 2 rings (SSSR count). The van der Waals surface area contributed by atoms with E-state index in [1.54, 1.807) is 23.4 Å². The van der Waals surface area contributed by atoms with Gasteiger partial charge in [-0.25, -0.2) is 0 Å². The van der Waals surface area contributed by atoms with Crippen LogP contribution >= 0.6 is 0 Å². The molecule has 0 radical (unpaired) electrons. The van der Waals surface area contributed by atoms with E-state index in [-0.39, 0.29) is 19.3 Å². The van der Waals surface area contributed by atoms with E-state index in [2.05, 4.69) is 10.2 Å². The van der Waals surface area contributed by atoms with E-state index in [0.717, 1.165) is 4.90 Å². The molecule has 1 aromatic heterocycles. The Balaban J connectivity index is 2.05. The van der Waals surface area contributed by atoms with Crippen molar-refractivity contribution in [1.82, 2.24) is 24.6 Å². The molecule has 0 spiro atoms. The summed E-state index contributed by atoms with van der Waals surface area (Å²) >= 11 is 0. The van der Waals surface area contributed by atoms with Gasteiger partial charge in [-0.05, 0) is 6.92 Å². The van der Waals surface area contributed by atoms with Crippen LogP contribution in [0.1, 0.15) is 18.8 Å². The molecule has 1 aromatic rings. The summed E-state index contributed by atoms with van der Waals surface area (Å²) in [5, 5.41) is 7.62. The first-order valence-corrected chi connectivity index (χ1v) is 5.70. The van der Waals surface area contributed by atoms with Crippen molar-refractivity contribution in [2.75, 3.05) is 19.8 Å². The van der Waals surface area contributed by atoms with Crippen molar-refractivity contribution in [2.24, 2.45) is 7.05 Å². The second kappa shape index (κ2) is 4.80. The monoisotopic (exact) mass is 277 g/mol. The number of aromatic nitrogens is 3. The van der Waals surface area contributed by atoms with Crippen LogP contribution in [-0.4, -0.2) is 56.4 Å². The third-order valence-corrected chi connectivity index (χ3v) is 3.08. The molecule has 0 N–H and O–H groups in total. The summed E-state index contributed by atoms with van der Waals surface area (Å²) in [4.78, 5) is 14.0. The van der Waals surface area contributed by atoms with Gasteiger partial charge in [0.1, 0.15) is 18.7 Å². The largest absolute Gasteiger partial charge is 0.406 e. The van der Waals surface area contributed by atoms with E-state index >= 15 is 0 Å². The number of halogens is 3. The van der Waals surface area contributed by atoms with Gasteiger partial charge in [0, 0.05) is 7.05 Å². The zero-order valence-corrected chi connectivity index (χ0v) is 10.6. The van der Waals surface area contributed by atoms with Crippen LogP contribution < -0.4 is 0 Å². The van der Waals surface area contributed by atoms with Crippen molar-refractivity contribution < 1.29 is 18.0 Å². The average molecular weight is 277 g/mol. The lowest BCUT2D eigenvalue weighted by Gasteiger charge is -2.23. The Morgan fingerprint density at radius 3 is 2.68 bits per heavy atom. The number of aryl methyl sites for hydroxylation is 1. The molecule has 1 unspecified atom stereocenters. The topological polar surface area (TPSA) is 54.3 Å². The summed E-state index contributed by atoms with van der Waals surface area (Å²) < 4.78 is 38.6. The fourth-order valence-electron chi connectivity index (χ4n) is 2.07. The molecular weight excluding hydrogens is 263 g/mol. The summed E-state index contributed by atoms with van der Waals surface area (Å²) in [6.45, 7) is 0.485. The Kier molecular flexibility index (Phi) is 3.48. The third kappa shape index (κ3) is 3.03. The van der Waals surface area contributed by atoms with E-state index < -0.39 is 18.6 Å². The van der Waals surface area contributed by atoms with Gasteiger partial charge in [0.15, 0.2) is 0 Å². The van der Waals surface area contributed by atoms with E-state index in [4.69, 9.17) is 0 Å². The Labute approximate surface area is 107 Å². The maximum Gasteiger partial charge on any atom is 0.406 e. The Bertz CT molecular complexity index is 472. The average Bonchev–Trinajstić information content (AvgIpc) is 2.83. The smallest absolute Gasteiger partial charge is 0.319 e. The van der Waals surface area contributed by atoms with Crippen LogP contribution in [0.25, 0.3) is 0 Å². The summed E-state index contributed by atoms with van der Waals surface area (Å²) in [6, 6.07) is -0.269. The SMILES string of the molecule is CC(c1nncn1C)N1CC(=O)N(CC(F)(F)F)C1. The number of carbonyl (C=O) groups is 1. The Morgan fingerprint density at radius 1 is 1.47 bits per heavy atom. The van der Waals surface area contributed by atoms with Crippen LogP contribution in [0, 0.1) is 0 Å². The van der Waals surface area contributed by atoms with Crippen LogP contribution in [0.15, 0.2) is 6.33 Å². The van der Waals surface area contributed by atoms with E-state index in [1.165, 1.54) is 6.33 Å². The van der Waals surface area contributed by atoms with Crippen molar-refractivity contribution in [3.8, 4) is 0 Å². The van der Waals surface area contributed by atoms with E-state index in [0.29, 0.717) is 5.82 Å². The molecular formula is C10H14F3N5O. The highest BCUT2D eigenvalue weighted by Crippen LogP contribution is 2.24. The first-order valence-electron chi connectivity index (χ1n) is 5.70. The fourth-order valence-corrected chi connectivity index (χ4v) is 2.07. The maximum absolute atomic E-state index is 12.3. The van der Waals surface area contributed by atoms with Crippen LogP contribution in [0.3, 0.4) is 0 Å². The molecule has 0 bridgehead atoms. The maximum atomic E-state index is 12.3. The molecule has 1 atom stereocenters. The van der Waals surface area contributed by atoms with Crippen molar-refractivity contribution in [2.45, 2.75) is 19.1 Å². The quantitative estimate of drug-likeness (QED) is 0.809. The Morgan fingerprint density at radius 2 is 2.16 bits per heavy atom. The molecule has 0 saturated carbocycles. The summed E-state index contributed by atoms with van der Waals surface area (Å²) in [5.41, 5.74) is 0. The lowest BCUT2D eigenvalue weighted by molar-refractivity contribution is -0.157. The van der Waals surface area contributed by atoms with Gasteiger partial charge in [0.05, 0.1) is 19.3 Å². The fraction of sp³-hybridized carbons (Fsp3) is 0.700. The number of nitrogens with zero attached hydrogens (tertiary/aromatic N) is 5. The van der Waals surface area contributed by atoms with Gasteiger partial charge in [-0.2, -0.15) is 13.2 Å². The molecule has 1 aliphatic heterocycles. The van der Waals surface area contributed by atoms with Crippen LogP contribution in [0.4, 0.5) is 13.2 Å². The van der Waals surface area contributed by atoms with Crippen molar-refractivity contribution in [3.05, 3.63) is 12.2 Å². The minimum absolute atomic E-state index is 0.0376. The summed E-state index contributed by atoms with van der Waals surface area (Å²) in [5.74, 6) is 0.0907. The van der Waals surface area contributed by atoms with Gasteiger partial charge >= 0.3 is 6.18 Å². The van der Waals surface area contributed by atoms with E-state index in [9.17, 15) is 18.0 Å². The minimum atomic E-state index is -4.38. The number of rotatable bonds is 3. The van der Waals surface area contributed by atoms with Crippen LogP contribution in [0.5, 0.6) is 0 Å². The zero-order chi connectivity index (χ0) is 14.2. The minimum Gasteiger partial charge on any atom is -0.319 e. The second-order valence-corrected chi connectivity index (χ2v) is 4.57. The summed E-state index contributed by atoms with van der Waals surface area (Å²) in [6.07, 6.45) is -2.86. The molecule has 1 aliphatic rings. The molecule has 9 heteroatoms. The van der Waals surface area contributed by atoms with Crippen molar-refractivity contribution in [1.29, 1.82) is 0 Å². The molecule has 0 aliphatic carbocycles. The van der Waals surface area contributed by atoms with Crippen LogP contribution in [0.2, 0.25) is 0 Å². The lowest BCUT2D eigenvalue weighted by atomic mass is 10.3. The molecule has 19 heavy (non-hydrogen) atoms. The summed E-state index contributed by atoms with van der Waals surface area (Å²) in [7, 11) is 1.75. The number of hydrogen-bond acceptors (Lipinski definition) is 4. The van der Waals surface area contributed by atoms with Crippen molar-refractivity contribution >= 4 is 5.91 Å². The molecule has 2 heterocycles. The lowest BCUT2D eigenvalue weighted by Crippen LogP contribution is -2.36. The molecule has 1 saturated heterocycles. The second-order valence-electron chi connectivity index (χ2n) is 4.57. The highest BCUT2D eigenvalue weighted by atomic mass is 19.4. The highest BCUT2D eigenvalue weighted by molar-refractivity contribution is 5.80. The first kappa shape index (κ1) is 13.8. The van der Waals surface area contributed by atoms with Gasteiger partial charge < -0.3 is 9.47 Å². The number of alkyl halides is 3. The number of hydrogen-bond donors (Lipinski definition) is 0. The van der Waals surface area contributed by atoms with Crippen molar-refractivity contribution in [3.63, 3.8) is 0 Å². The standard InChI is InChI=1S/C10H14F3N5O/c1-7(9-15-14-5-16(9)2)17-3-8(19)18(6-17)4-10(11,12)13/h5,7H,3-4,6H2,1-2H3. The van der Waals surface area contributed by atoms with Gasteiger partial charge in [0.25, 0.3) is 0 Å². The predicted octanol–water partition coefficient (Wildman–Crippen LogP) is 0.540. The van der Waals surface area contributed by atoms with Gasteiger partial charge in [-0.3, -0.25) is 9.69 Å². The molecule has 1 amide bonds. The number of carbonyl (C=O) groups excluding carboxylic acids is 1. The molecule has 1 fully saturated rings. The molecule has 6 nitrogen and oxygen atoms in total. The van der Waals surface area contributed by atoms with Gasteiger partial charge in [0.2, 0.25) is 5.91 Å². The van der Waals surface area contributed by atoms with Crippen LogP contribution in [-0.2, 0) is 11.8 Å². The zero-order valence-electron chi connectivity index (χ0n) is 10.6. The normalized spacial score (nSPS) is 19.2. The van der Waals surface area contributed by atoms with Gasteiger partial charge in [-0.1, -0.05) is 0 Å². The highest BCUT2D eigenvalue weighted by Gasteiger charge is 2.39. The van der Waals surface area contributed by atoms with E-state index in [1.807, 2.05) is 0 Å². The number of amides is 1. The molecule has 106 valence electrons. The third-order valence-electron chi connectivity index (χ3n) is 3.08. The molecule has 0 aromatic carbocycles. The van der Waals surface area contributed by atoms with Gasteiger partial charge in [-0.15, -0.1) is 10.2 Å². The predicted molar refractivity (Wildman–Crippen MR) is 58.8 cm³/mol. The first-order chi connectivity index (χ1) is 8.78.